The number of carbonyl (C=O) groups excluding carboxylic acids is 1. The van der Waals surface area contributed by atoms with E-state index in [2.05, 4.69) is 10.4 Å². The highest BCUT2D eigenvalue weighted by Crippen LogP contribution is 2.26. The van der Waals surface area contributed by atoms with Crippen molar-refractivity contribution in [2.75, 3.05) is 7.11 Å². The van der Waals surface area contributed by atoms with Crippen LogP contribution in [0.25, 0.3) is 11.3 Å². The fourth-order valence-corrected chi connectivity index (χ4v) is 2.43. The van der Waals surface area contributed by atoms with Crippen molar-refractivity contribution in [3.05, 3.63) is 35.8 Å². The SMILES string of the molecule is CCCn1nc(-c2ccc(OC)cc2F)cc1C(=O)NC1CC1. The number of carbonyl (C=O) groups is 1. The van der Waals surface area contributed by atoms with Crippen LogP contribution in [0.2, 0.25) is 0 Å². The van der Waals surface area contributed by atoms with Crippen molar-refractivity contribution < 1.29 is 13.9 Å². The third-order valence-electron chi connectivity index (χ3n) is 3.81. The first-order valence-corrected chi connectivity index (χ1v) is 7.85. The van der Waals surface area contributed by atoms with E-state index in [4.69, 9.17) is 4.74 Å². The molecule has 0 radical (unpaired) electrons. The minimum absolute atomic E-state index is 0.145. The minimum Gasteiger partial charge on any atom is -0.497 e. The van der Waals surface area contributed by atoms with Crippen molar-refractivity contribution in [3.63, 3.8) is 0 Å². The third kappa shape index (κ3) is 3.36. The Balaban J connectivity index is 1.94. The van der Waals surface area contributed by atoms with Gasteiger partial charge in [0.15, 0.2) is 0 Å². The summed E-state index contributed by atoms with van der Waals surface area (Å²) in [5.74, 6) is -0.112. The molecular formula is C17H20FN3O2. The molecule has 0 atom stereocenters. The molecule has 1 N–H and O–H groups in total. The van der Waals surface area contributed by atoms with Crippen molar-refractivity contribution >= 4 is 5.91 Å². The molecule has 0 spiro atoms. The first-order valence-electron chi connectivity index (χ1n) is 7.85. The van der Waals surface area contributed by atoms with Crippen LogP contribution in [0, 0.1) is 5.82 Å². The van der Waals surface area contributed by atoms with Gasteiger partial charge in [0.2, 0.25) is 0 Å². The number of aromatic nitrogens is 2. The fraction of sp³-hybridized carbons (Fsp3) is 0.412. The molecule has 1 amide bonds. The standard InChI is InChI=1S/C17H20FN3O2/c1-3-8-21-16(17(22)19-11-4-5-11)10-15(20-21)13-7-6-12(23-2)9-14(13)18/h6-7,9-11H,3-5,8H2,1-2H3,(H,19,22). The van der Waals surface area contributed by atoms with Gasteiger partial charge in [-0.1, -0.05) is 6.92 Å². The van der Waals surface area contributed by atoms with Gasteiger partial charge in [0.05, 0.1) is 12.8 Å². The second-order valence-electron chi connectivity index (χ2n) is 5.73. The maximum Gasteiger partial charge on any atom is 0.269 e. The predicted molar refractivity (Wildman–Crippen MR) is 85.0 cm³/mol. The number of rotatable bonds is 6. The summed E-state index contributed by atoms with van der Waals surface area (Å²) in [7, 11) is 1.49. The Kier molecular flexibility index (Phi) is 4.32. The maximum absolute atomic E-state index is 14.2. The van der Waals surface area contributed by atoms with Gasteiger partial charge in [0, 0.05) is 24.2 Å². The van der Waals surface area contributed by atoms with Gasteiger partial charge in [-0.2, -0.15) is 5.10 Å². The molecule has 1 saturated carbocycles. The molecule has 1 aromatic carbocycles. The lowest BCUT2D eigenvalue weighted by Crippen LogP contribution is -2.28. The number of nitrogens with one attached hydrogen (secondary N) is 1. The van der Waals surface area contributed by atoms with E-state index in [-0.39, 0.29) is 11.9 Å². The van der Waals surface area contributed by atoms with Crippen molar-refractivity contribution in [3.8, 4) is 17.0 Å². The van der Waals surface area contributed by atoms with Crippen molar-refractivity contribution in [2.24, 2.45) is 0 Å². The van der Waals surface area contributed by atoms with E-state index in [1.807, 2.05) is 6.92 Å². The Morgan fingerprint density at radius 2 is 2.22 bits per heavy atom. The van der Waals surface area contributed by atoms with E-state index in [0.717, 1.165) is 19.3 Å². The van der Waals surface area contributed by atoms with Crippen molar-refractivity contribution in [1.82, 2.24) is 15.1 Å². The number of methoxy groups -OCH3 is 1. The first-order chi connectivity index (χ1) is 11.1. The Morgan fingerprint density at radius 1 is 1.43 bits per heavy atom. The zero-order valence-corrected chi connectivity index (χ0v) is 13.3. The van der Waals surface area contributed by atoms with Gasteiger partial charge in [-0.25, -0.2) is 4.39 Å². The minimum atomic E-state index is -0.417. The van der Waals surface area contributed by atoms with Crippen molar-refractivity contribution in [1.29, 1.82) is 0 Å². The molecule has 0 bridgehead atoms. The third-order valence-corrected chi connectivity index (χ3v) is 3.81. The van der Waals surface area contributed by atoms with E-state index < -0.39 is 5.82 Å². The highest BCUT2D eigenvalue weighted by molar-refractivity contribution is 5.94. The highest BCUT2D eigenvalue weighted by atomic mass is 19.1. The Bertz CT molecular complexity index is 723. The molecule has 23 heavy (non-hydrogen) atoms. The van der Waals surface area contributed by atoms with Gasteiger partial charge in [0.1, 0.15) is 17.3 Å². The molecular weight excluding hydrogens is 297 g/mol. The summed E-state index contributed by atoms with van der Waals surface area (Å²) in [4.78, 5) is 12.3. The molecule has 1 heterocycles. The van der Waals surface area contributed by atoms with E-state index >= 15 is 0 Å². The summed E-state index contributed by atoms with van der Waals surface area (Å²) < 4.78 is 20.9. The summed E-state index contributed by atoms with van der Waals surface area (Å²) in [6.45, 7) is 2.63. The number of hydrogen-bond acceptors (Lipinski definition) is 3. The van der Waals surface area contributed by atoms with Crippen LogP contribution in [0.1, 0.15) is 36.7 Å². The van der Waals surface area contributed by atoms with E-state index in [0.29, 0.717) is 29.2 Å². The van der Waals surface area contributed by atoms with Crippen LogP contribution in [-0.2, 0) is 6.54 Å². The topological polar surface area (TPSA) is 56.2 Å². The average molecular weight is 317 g/mol. The second kappa shape index (κ2) is 6.40. The van der Waals surface area contributed by atoms with Crippen molar-refractivity contribution in [2.45, 2.75) is 38.8 Å². The zero-order chi connectivity index (χ0) is 16.4. The van der Waals surface area contributed by atoms with Crippen LogP contribution in [0.4, 0.5) is 4.39 Å². The number of nitrogens with zero attached hydrogens (tertiary/aromatic N) is 2. The van der Waals surface area contributed by atoms with E-state index in [1.54, 1.807) is 22.9 Å². The van der Waals surface area contributed by atoms with Gasteiger partial charge in [-0.3, -0.25) is 9.48 Å². The number of benzene rings is 1. The molecule has 6 heteroatoms. The number of amides is 1. The Hall–Kier alpha value is -2.37. The lowest BCUT2D eigenvalue weighted by Gasteiger charge is -2.05. The summed E-state index contributed by atoms with van der Waals surface area (Å²) in [6.07, 6.45) is 2.89. The van der Waals surface area contributed by atoms with Gasteiger partial charge < -0.3 is 10.1 Å². The van der Waals surface area contributed by atoms with Crippen LogP contribution in [0.3, 0.4) is 0 Å². The number of aryl methyl sites for hydroxylation is 1. The summed E-state index contributed by atoms with van der Waals surface area (Å²) in [6, 6.07) is 6.54. The average Bonchev–Trinajstić information content (AvgIpc) is 3.25. The Labute approximate surface area is 134 Å². The quantitative estimate of drug-likeness (QED) is 0.891. The smallest absolute Gasteiger partial charge is 0.269 e. The molecule has 1 fully saturated rings. The molecule has 3 rings (SSSR count). The van der Waals surface area contributed by atoms with Crippen LogP contribution in [-0.4, -0.2) is 28.8 Å². The second-order valence-corrected chi connectivity index (χ2v) is 5.73. The molecule has 0 aliphatic heterocycles. The number of ether oxygens (including phenoxy) is 1. The summed E-state index contributed by atoms with van der Waals surface area (Å²) in [5.41, 5.74) is 1.30. The molecule has 1 aromatic heterocycles. The molecule has 0 unspecified atom stereocenters. The summed E-state index contributed by atoms with van der Waals surface area (Å²) in [5, 5.41) is 7.36. The Morgan fingerprint density at radius 3 is 2.83 bits per heavy atom. The maximum atomic E-state index is 14.2. The lowest BCUT2D eigenvalue weighted by molar-refractivity contribution is 0.0940. The lowest BCUT2D eigenvalue weighted by atomic mass is 10.1. The van der Waals surface area contributed by atoms with Gasteiger partial charge in [-0.15, -0.1) is 0 Å². The van der Waals surface area contributed by atoms with Crippen LogP contribution in [0.15, 0.2) is 24.3 Å². The van der Waals surface area contributed by atoms with Gasteiger partial charge in [-0.05, 0) is 37.5 Å². The fourth-order valence-electron chi connectivity index (χ4n) is 2.43. The van der Waals surface area contributed by atoms with Gasteiger partial charge in [0.25, 0.3) is 5.91 Å². The van der Waals surface area contributed by atoms with Crippen LogP contribution in [0.5, 0.6) is 5.75 Å². The molecule has 2 aromatic rings. The highest BCUT2D eigenvalue weighted by Gasteiger charge is 2.26. The molecule has 0 saturated heterocycles. The van der Waals surface area contributed by atoms with Crippen LogP contribution >= 0.6 is 0 Å². The molecule has 122 valence electrons. The largest absolute Gasteiger partial charge is 0.497 e. The molecule has 1 aliphatic rings. The zero-order valence-electron chi connectivity index (χ0n) is 13.3. The number of hydrogen-bond donors (Lipinski definition) is 1. The molecule has 5 nitrogen and oxygen atoms in total. The predicted octanol–water partition coefficient (Wildman–Crippen LogP) is 3.00. The van der Waals surface area contributed by atoms with Gasteiger partial charge >= 0.3 is 0 Å². The monoisotopic (exact) mass is 317 g/mol. The van der Waals surface area contributed by atoms with E-state index in [1.165, 1.54) is 13.2 Å². The van der Waals surface area contributed by atoms with E-state index in [9.17, 15) is 9.18 Å². The molecule has 1 aliphatic carbocycles. The normalized spacial score (nSPS) is 13.9. The first kappa shape index (κ1) is 15.5. The number of halogens is 1. The van der Waals surface area contributed by atoms with Crippen LogP contribution < -0.4 is 10.1 Å². The summed E-state index contributed by atoms with van der Waals surface area (Å²) >= 11 is 0.